The molecular formula is C22H28N6O3. The third-order valence-electron chi connectivity index (χ3n) is 5.76. The van der Waals surface area contributed by atoms with E-state index >= 15 is 0 Å². The molecule has 0 saturated carbocycles. The van der Waals surface area contributed by atoms with Gasteiger partial charge in [-0.2, -0.15) is 0 Å². The van der Waals surface area contributed by atoms with E-state index in [-0.39, 0.29) is 0 Å². The van der Waals surface area contributed by atoms with Crippen LogP contribution in [0.15, 0.2) is 39.4 Å². The number of aliphatic imine (C=N–C) groups is 3. The summed E-state index contributed by atoms with van der Waals surface area (Å²) in [5.41, 5.74) is 1.74. The second-order valence-corrected chi connectivity index (χ2v) is 7.70. The van der Waals surface area contributed by atoms with E-state index in [1.807, 2.05) is 29.3 Å². The molecule has 31 heavy (non-hydrogen) atoms. The van der Waals surface area contributed by atoms with E-state index in [0.717, 1.165) is 75.4 Å². The van der Waals surface area contributed by atoms with E-state index < -0.39 is 0 Å². The van der Waals surface area contributed by atoms with Gasteiger partial charge in [-0.1, -0.05) is 0 Å². The first kappa shape index (κ1) is 20.0. The lowest BCUT2D eigenvalue weighted by Gasteiger charge is -2.33. The molecule has 5 rings (SSSR count). The molecule has 0 unspecified atom stereocenters. The lowest BCUT2D eigenvalue weighted by atomic mass is 10.1. The minimum absolute atomic E-state index is 0.536. The first-order valence-corrected chi connectivity index (χ1v) is 10.8. The molecule has 0 atom stereocenters. The maximum Gasteiger partial charge on any atom is 0.213 e. The van der Waals surface area contributed by atoms with E-state index in [9.17, 15) is 0 Å². The topological polar surface area (TPSA) is 74.5 Å². The predicted octanol–water partition coefficient (Wildman–Crippen LogP) is 1.72. The normalized spacial score (nSPS) is 20.3. The molecule has 164 valence electrons. The van der Waals surface area contributed by atoms with Crippen molar-refractivity contribution in [2.45, 2.75) is 6.42 Å². The van der Waals surface area contributed by atoms with Gasteiger partial charge >= 0.3 is 0 Å². The molecule has 0 radical (unpaired) electrons. The van der Waals surface area contributed by atoms with Crippen LogP contribution in [0.5, 0.6) is 11.5 Å². The van der Waals surface area contributed by atoms with Gasteiger partial charge in [0.25, 0.3) is 0 Å². The second-order valence-electron chi connectivity index (χ2n) is 7.70. The summed E-state index contributed by atoms with van der Waals surface area (Å²) in [5, 5.41) is 0. The Labute approximate surface area is 182 Å². The number of ether oxygens (including phenoxy) is 3. The molecule has 0 aliphatic carbocycles. The van der Waals surface area contributed by atoms with Gasteiger partial charge in [-0.05, 0) is 24.6 Å². The van der Waals surface area contributed by atoms with Crippen LogP contribution in [0.3, 0.4) is 0 Å². The van der Waals surface area contributed by atoms with Crippen LogP contribution in [0.2, 0.25) is 0 Å². The number of fused-ring (bicyclic) bond motifs is 3. The molecule has 4 heterocycles. The van der Waals surface area contributed by atoms with E-state index in [0.29, 0.717) is 24.8 Å². The van der Waals surface area contributed by atoms with Crippen LogP contribution in [0.4, 0.5) is 5.69 Å². The van der Waals surface area contributed by atoms with Gasteiger partial charge in [0.2, 0.25) is 5.96 Å². The zero-order chi connectivity index (χ0) is 21.0. The monoisotopic (exact) mass is 424 g/mol. The van der Waals surface area contributed by atoms with Crippen molar-refractivity contribution < 1.29 is 14.2 Å². The standard InChI is InChI=1S/C22H28N6O3/c1-29-20-18(31-13-3-8-26-11-14-30-15-12-26)5-4-17-19(20)25-22(27-9-2-6-23-16-27)28-10-7-24-21(17)28/h2,4-6,9H,3,7-8,10-16H2,1H3. The Morgan fingerprint density at radius 2 is 2.06 bits per heavy atom. The van der Waals surface area contributed by atoms with Crippen molar-refractivity contribution in [2.75, 3.05) is 66.3 Å². The van der Waals surface area contributed by atoms with Crippen molar-refractivity contribution in [2.24, 2.45) is 15.0 Å². The third kappa shape index (κ3) is 4.03. The van der Waals surface area contributed by atoms with Crippen LogP contribution in [0.25, 0.3) is 0 Å². The van der Waals surface area contributed by atoms with Gasteiger partial charge in [0.05, 0.1) is 33.5 Å². The van der Waals surface area contributed by atoms with E-state index in [2.05, 4.69) is 14.8 Å². The Balaban J connectivity index is 1.36. The molecule has 1 fully saturated rings. The molecule has 0 bridgehead atoms. The maximum absolute atomic E-state index is 6.12. The van der Waals surface area contributed by atoms with Crippen molar-refractivity contribution in [1.82, 2.24) is 14.7 Å². The highest BCUT2D eigenvalue weighted by Gasteiger charge is 2.34. The number of nitrogens with zero attached hydrogens (tertiary/aromatic N) is 6. The average molecular weight is 425 g/mol. The average Bonchev–Trinajstić information content (AvgIpc) is 3.32. The molecule has 0 amide bonds. The molecule has 9 nitrogen and oxygen atoms in total. The van der Waals surface area contributed by atoms with Crippen LogP contribution < -0.4 is 9.47 Å². The summed E-state index contributed by atoms with van der Waals surface area (Å²) in [7, 11) is 1.67. The fraction of sp³-hybridized carbons (Fsp3) is 0.500. The summed E-state index contributed by atoms with van der Waals surface area (Å²) in [5.74, 6) is 3.12. The molecule has 0 spiro atoms. The Kier molecular flexibility index (Phi) is 5.86. The van der Waals surface area contributed by atoms with E-state index in [4.69, 9.17) is 24.2 Å². The Bertz CT molecular complexity index is 935. The number of amidine groups is 1. The summed E-state index contributed by atoms with van der Waals surface area (Å²) < 4.78 is 17.3. The minimum Gasteiger partial charge on any atom is -0.491 e. The Morgan fingerprint density at radius 3 is 2.87 bits per heavy atom. The molecule has 1 saturated heterocycles. The highest BCUT2D eigenvalue weighted by atomic mass is 16.5. The van der Waals surface area contributed by atoms with Gasteiger partial charge in [-0.15, -0.1) is 0 Å². The van der Waals surface area contributed by atoms with Crippen LogP contribution in [-0.4, -0.2) is 99.0 Å². The van der Waals surface area contributed by atoms with Crippen molar-refractivity contribution >= 4 is 23.7 Å². The second kappa shape index (κ2) is 9.07. The number of guanidine groups is 1. The van der Waals surface area contributed by atoms with Crippen LogP contribution in [0, 0.1) is 0 Å². The van der Waals surface area contributed by atoms with Gasteiger partial charge in [0.15, 0.2) is 11.5 Å². The number of benzene rings is 1. The maximum atomic E-state index is 6.12. The number of rotatable bonds is 6. The zero-order valence-electron chi connectivity index (χ0n) is 17.9. The summed E-state index contributed by atoms with van der Waals surface area (Å²) in [4.78, 5) is 20.7. The molecule has 4 aliphatic rings. The van der Waals surface area contributed by atoms with Gasteiger partial charge in [0.1, 0.15) is 18.2 Å². The smallest absolute Gasteiger partial charge is 0.213 e. The molecule has 1 aromatic rings. The van der Waals surface area contributed by atoms with Crippen molar-refractivity contribution in [3.8, 4) is 11.5 Å². The molecular weight excluding hydrogens is 396 g/mol. The highest BCUT2D eigenvalue weighted by molar-refractivity contribution is 6.16. The largest absolute Gasteiger partial charge is 0.491 e. The molecule has 0 aromatic heterocycles. The van der Waals surface area contributed by atoms with Gasteiger partial charge in [-0.3, -0.25) is 24.7 Å². The van der Waals surface area contributed by atoms with Gasteiger partial charge in [0, 0.05) is 44.2 Å². The first-order valence-electron chi connectivity index (χ1n) is 10.8. The van der Waals surface area contributed by atoms with Crippen LogP contribution >= 0.6 is 0 Å². The lowest BCUT2D eigenvalue weighted by molar-refractivity contribution is 0.0357. The van der Waals surface area contributed by atoms with Crippen LogP contribution in [0.1, 0.15) is 12.0 Å². The molecule has 0 N–H and O–H groups in total. The zero-order valence-corrected chi connectivity index (χ0v) is 17.9. The van der Waals surface area contributed by atoms with Gasteiger partial charge < -0.3 is 14.2 Å². The molecule has 4 aliphatic heterocycles. The Morgan fingerprint density at radius 1 is 1.16 bits per heavy atom. The van der Waals surface area contributed by atoms with E-state index in [1.54, 1.807) is 13.3 Å². The quantitative estimate of drug-likeness (QED) is 0.648. The lowest BCUT2D eigenvalue weighted by Crippen LogP contribution is -2.46. The summed E-state index contributed by atoms with van der Waals surface area (Å²) >= 11 is 0. The summed E-state index contributed by atoms with van der Waals surface area (Å²) in [6.07, 6.45) is 6.66. The van der Waals surface area contributed by atoms with E-state index in [1.165, 1.54) is 0 Å². The number of morpholine rings is 1. The highest BCUT2D eigenvalue weighted by Crippen LogP contribution is 2.43. The van der Waals surface area contributed by atoms with Crippen LogP contribution in [-0.2, 0) is 4.74 Å². The third-order valence-corrected chi connectivity index (χ3v) is 5.76. The fourth-order valence-electron chi connectivity index (χ4n) is 4.22. The SMILES string of the molecule is COc1c(OCCCN2CCOCC2)ccc2c1N=C(N1C=CC=NC1)N1CCN=C21. The van der Waals surface area contributed by atoms with Gasteiger partial charge in [-0.25, -0.2) is 4.99 Å². The summed E-state index contributed by atoms with van der Waals surface area (Å²) in [6, 6.07) is 4.01. The van der Waals surface area contributed by atoms with Crippen molar-refractivity contribution in [3.63, 3.8) is 0 Å². The van der Waals surface area contributed by atoms with Crippen molar-refractivity contribution in [3.05, 3.63) is 30.0 Å². The molecule has 1 aromatic carbocycles. The van der Waals surface area contributed by atoms with Crippen molar-refractivity contribution in [1.29, 1.82) is 0 Å². The molecule has 9 heteroatoms. The fourth-order valence-corrected chi connectivity index (χ4v) is 4.22. The number of hydrogen-bond donors (Lipinski definition) is 0. The number of hydrogen-bond acceptors (Lipinski definition) is 9. The first-order chi connectivity index (χ1) is 15.3. The Hall–Kier alpha value is -2.91. The summed E-state index contributed by atoms with van der Waals surface area (Å²) in [6.45, 7) is 7.35. The number of methoxy groups -OCH3 is 1. The predicted molar refractivity (Wildman–Crippen MR) is 120 cm³/mol. The number of allylic oxidation sites excluding steroid dienone is 1. The minimum atomic E-state index is 0.536.